The Morgan fingerprint density at radius 2 is 1.52 bits per heavy atom. The van der Waals surface area contributed by atoms with Gasteiger partial charge < -0.3 is 9.80 Å². The Labute approximate surface area is 158 Å². The summed E-state index contributed by atoms with van der Waals surface area (Å²) in [6, 6.07) is 12.6. The van der Waals surface area contributed by atoms with E-state index in [0.29, 0.717) is 31.9 Å². The number of piperazine rings is 1. The van der Waals surface area contributed by atoms with Crippen LogP contribution in [0.4, 0.5) is 0 Å². The number of carbonyl (C=O) groups is 2. The van der Waals surface area contributed by atoms with E-state index in [1.165, 1.54) is 17.7 Å². The third-order valence-corrected chi connectivity index (χ3v) is 4.93. The first-order valence-electron chi connectivity index (χ1n) is 9.02. The van der Waals surface area contributed by atoms with Gasteiger partial charge in [-0.25, -0.2) is 4.68 Å². The fraction of sp³-hybridized carbons (Fsp3) is 0.400. The zero-order valence-corrected chi connectivity index (χ0v) is 15.9. The minimum absolute atomic E-state index is 0.00908. The molecule has 1 aromatic carbocycles. The first-order valence-corrected chi connectivity index (χ1v) is 9.02. The minimum Gasteiger partial charge on any atom is -0.339 e. The first-order chi connectivity index (χ1) is 12.8. The molecule has 3 rings (SSSR count). The second-order valence-corrected chi connectivity index (χ2v) is 7.19. The first kappa shape index (κ1) is 18.8. The van der Waals surface area contributed by atoms with Gasteiger partial charge in [0.1, 0.15) is 5.54 Å². The molecule has 142 valence electrons. The highest BCUT2D eigenvalue weighted by molar-refractivity contribution is 5.84. The molecular formula is C20H24N4O3. The minimum atomic E-state index is -1.12. The van der Waals surface area contributed by atoms with Gasteiger partial charge in [-0.2, -0.15) is 5.10 Å². The number of aromatic nitrogens is 2. The molecule has 7 nitrogen and oxygen atoms in total. The van der Waals surface area contributed by atoms with E-state index in [2.05, 4.69) is 5.10 Å². The largest absolute Gasteiger partial charge is 0.339 e. The fourth-order valence-corrected chi connectivity index (χ4v) is 3.28. The van der Waals surface area contributed by atoms with Crippen LogP contribution in [0.2, 0.25) is 0 Å². The van der Waals surface area contributed by atoms with Crippen LogP contribution in [0.5, 0.6) is 0 Å². The lowest BCUT2D eigenvalue weighted by Crippen LogP contribution is -2.57. The molecule has 0 unspecified atom stereocenters. The zero-order valence-electron chi connectivity index (χ0n) is 15.9. The normalized spacial score (nSPS) is 14.9. The molecular weight excluding hydrogens is 344 g/mol. The van der Waals surface area contributed by atoms with E-state index in [1.54, 1.807) is 29.7 Å². The smallest absolute Gasteiger partial charge is 0.267 e. The molecule has 2 heterocycles. The molecule has 0 aliphatic carbocycles. The molecule has 2 aromatic rings. The van der Waals surface area contributed by atoms with Gasteiger partial charge in [0, 0.05) is 44.7 Å². The van der Waals surface area contributed by atoms with Crippen molar-refractivity contribution in [1.82, 2.24) is 19.6 Å². The molecule has 1 fully saturated rings. The predicted molar refractivity (Wildman–Crippen MR) is 102 cm³/mol. The van der Waals surface area contributed by atoms with Crippen molar-refractivity contribution in [2.75, 3.05) is 26.2 Å². The van der Waals surface area contributed by atoms with E-state index in [0.717, 1.165) is 5.56 Å². The van der Waals surface area contributed by atoms with Crippen LogP contribution in [0.15, 0.2) is 47.3 Å². The van der Waals surface area contributed by atoms with Gasteiger partial charge in [0.25, 0.3) is 5.56 Å². The summed E-state index contributed by atoms with van der Waals surface area (Å²) in [6.07, 6.45) is 0. The average Bonchev–Trinajstić information content (AvgIpc) is 2.68. The van der Waals surface area contributed by atoms with Crippen LogP contribution < -0.4 is 5.56 Å². The van der Waals surface area contributed by atoms with Crippen LogP contribution in [-0.2, 0) is 15.1 Å². The van der Waals surface area contributed by atoms with Crippen molar-refractivity contribution in [3.8, 4) is 11.3 Å². The highest BCUT2D eigenvalue weighted by Gasteiger charge is 2.37. The summed E-state index contributed by atoms with van der Waals surface area (Å²) < 4.78 is 1.26. The van der Waals surface area contributed by atoms with Gasteiger partial charge in [-0.1, -0.05) is 30.3 Å². The molecule has 1 aliphatic rings. The van der Waals surface area contributed by atoms with Gasteiger partial charge in [0.2, 0.25) is 11.8 Å². The number of carbonyl (C=O) groups excluding carboxylic acids is 2. The lowest BCUT2D eigenvalue weighted by Gasteiger charge is -2.38. The Balaban J connectivity index is 1.87. The fourth-order valence-electron chi connectivity index (χ4n) is 3.28. The molecule has 2 amide bonds. The maximum Gasteiger partial charge on any atom is 0.267 e. The van der Waals surface area contributed by atoms with Crippen molar-refractivity contribution < 1.29 is 9.59 Å². The van der Waals surface area contributed by atoms with Gasteiger partial charge in [-0.15, -0.1) is 0 Å². The average molecular weight is 368 g/mol. The summed E-state index contributed by atoms with van der Waals surface area (Å²) >= 11 is 0. The second-order valence-electron chi connectivity index (χ2n) is 7.19. The molecule has 1 aliphatic heterocycles. The molecule has 0 radical (unpaired) electrons. The van der Waals surface area contributed by atoms with Crippen LogP contribution in [0.3, 0.4) is 0 Å². The maximum absolute atomic E-state index is 13.1. The molecule has 0 N–H and O–H groups in total. The zero-order chi connectivity index (χ0) is 19.6. The molecule has 0 bridgehead atoms. The second kappa shape index (κ2) is 7.34. The number of amides is 2. The monoisotopic (exact) mass is 368 g/mol. The number of rotatable bonds is 3. The van der Waals surface area contributed by atoms with Crippen molar-refractivity contribution in [3.05, 3.63) is 52.8 Å². The molecule has 0 spiro atoms. The van der Waals surface area contributed by atoms with Crippen molar-refractivity contribution in [1.29, 1.82) is 0 Å². The summed E-state index contributed by atoms with van der Waals surface area (Å²) in [5.41, 5.74) is 0.0673. The molecule has 0 atom stereocenters. The Hall–Kier alpha value is -2.96. The van der Waals surface area contributed by atoms with Crippen molar-refractivity contribution in [2.24, 2.45) is 0 Å². The van der Waals surface area contributed by atoms with Crippen LogP contribution in [0.1, 0.15) is 20.8 Å². The molecule has 1 saturated heterocycles. The van der Waals surface area contributed by atoms with Gasteiger partial charge in [-0.3, -0.25) is 14.4 Å². The van der Waals surface area contributed by atoms with Gasteiger partial charge in [0.15, 0.2) is 0 Å². The third-order valence-electron chi connectivity index (χ3n) is 4.93. The third kappa shape index (κ3) is 3.77. The van der Waals surface area contributed by atoms with Gasteiger partial charge >= 0.3 is 0 Å². The van der Waals surface area contributed by atoms with Gasteiger partial charge in [-0.05, 0) is 19.9 Å². The Morgan fingerprint density at radius 1 is 0.926 bits per heavy atom. The highest BCUT2D eigenvalue weighted by Crippen LogP contribution is 2.20. The van der Waals surface area contributed by atoms with E-state index in [1.807, 2.05) is 30.3 Å². The predicted octanol–water partition coefficient (Wildman–Crippen LogP) is 1.34. The van der Waals surface area contributed by atoms with E-state index in [9.17, 15) is 14.4 Å². The topological polar surface area (TPSA) is 75.5 Å². The molecule has 0 saturated carbocycles. The van der Waals surface area contributed by atoms with E-state index in [-0.39, 0.29) is 17.4 Å². The summed E-state index contributed by atoms with van der Waals surface area (Å²) in [5.74, 6) is -0.166. The number of hydrogen-bond acceptors (Lipinski definition) is 4. The van der Waals surface area contributed by atoms with Crippen molar-refractivity contribution in [2.45, 2.75) is 26.3 Å². The molecule has 27 heavy (non-hydrogen) atoms. The van der Waals surface area contributed by atoms with E-state index >= 15 is 0 Å². The lowest BCUT2D eigenvalue weighted by atomic mass is 10.0. The lowest BCUT2D eigenvalue weighted by molar-refractivity contribution is -0.144. The Morgan fingerprint density at radius 3 is 2.11 bits per heavy atom. The SMILES string of the molecule is CC(=O)N1CCN(C(=O)C(C)(C)n2nc(-c3ccccc3)ccc2=O)CC1. The summed E-state index contributed by atoms with van der Waals surface area (Å²) in [6.45, 7) is 6.85. The standard InChI is InChI=1S/C20H24N4O3/c1-15(25)22-11-13-23(14-12-22)19(27)20(2,3)24-18(26)10-9-17(21-24)16-7-5-4-6-8-16/h4-10H,11-14H2,1-3H3. The van der Waals surface area contributed by atoms with E-state index in [4.69, 9.17) is 0 Å². The number of nitrogens with zero attached hydrogens (tertiary/aromatic N) is 4. The summed E-state index contributed by atoms with van der Waals surface area (Å²) in [7, 11) is 0. The maximum atomic E-state index is 13.1. The van der Waals surface area contributed by atoms with Crippen molar-refractivity contribution >= 4 is 11.8 Å². The van der Waals surface area contributed by atoms with Crippen molar-refractivity contribution in [3.63, 3.8) is 0 Å². The molecule has 7 heteroatoms. The number of hydrogen-bond donors (Lipinski definition) is 0. The Kier molecular flexibility index (Phi) is 5.12. The van der Waals surface area contributed by atoms with Crippen LogP contribution in [0.25, 0.3) is 11.3 Å². The van der Waals surface area contributed by atoms with E-state index < -0.39 is 5.54 Å². The van der Waals surface area contributed by atoms with Crippen LogP contribution in [0, 0.1) is 0 Å². The summed E-state index contributed by atoms with van der Waals surface area (Å²) in [5, 5.41) is 4.47. The molecule has 1 aromatic heterocycles. The number of benzene rings is 1. The highest BCUT2D eigenvalue weighted by atomic mass is 16.2. The van der Waals surface area contributed by atoms with Crippen LogP contribution >= 0.6 is 0 Å². The summed E-state index contributed by atoms with van der Waals surface area (Å²) in [4.78, 5) is 40.5. The van der Waals surface area contributed by atoms with Crippen LogP contribution in [-0.4, -0.2) is 57.6 Å². The van der Waals surface area contributed by atoms with Gasteiger partial charge in [0.05, 0.1) is 5.69 Å². The quantitative estimate of drug-likeness (QED) is 0.819. The Bertz CT molecular complexity index is 897.